The maximum absolute atomic E-state index is 11.0. The van der Waals surface area contributed by atoms with Crippen LogP contribution in [0.3, 0.4) is 0 Å². The number of hydrogen-bond acceptors (Lipinski definition) is 4. The lowest BCUT2D eigenvalue weighted by molar-refractivity contribution is -0.122. The molecule has 0 aromatic heterocycles. The Morgan fingerprint density at radius 3 is 1.51 bits per heavy atom. The standard InChI is InChI=1S/C14H26O2.C13H24O.C4H10O/c1-2-3-4-5-6-7-8-9-10-11-14(16)12-13-15;1-2-3-4-5-6-7-8-9-10-11-12-13-14;1-3-4(2)5/h13H,2-12H2,1H3;2-3,13H,4-12H2,1H3;4-5H,3H2,1-2H3. The van der Waals surface area contributed by atoms with Crippen molar-refractivity contribution in [3.63, 3.8) is 0 Å². The van der Waals surface area contributed by atoms with Gasteiger partial charge in [-0.25, -0.2) is 0 Å². The highest BCUT2D eigenvalue weighted by Gasteiger charge is 1.99. The first-order valence-electron chi connectivity index (χ1n) is 14.7. The van der Waals surface area contributed by atoms with E-state index in [1.807, 2.05) is 6.92 Å². The second-order valence-corrected chi connectivity index (χ2v) is 9.53. The molecule has 0 fully saturated rings. The van der Waals surface area contributed by atoms with Crippen LogP contribution in [0.15, 0.2) is 12.2 Å². The number of allylic oxidation sites excluding steroid dienone is 2. The molecule has 1 unspecified atom stereocenters. The summed E-state index contributed by atoms with van der Waals surface area (Å²) in [5.74, 6) is 0.0953. The van der Waals surface area contributed by atoms with Crippen molar-refractivity contribution in [2.45, 2.75) is 169 Å². The van der Waals surface area contributed by atoms with Crippen LogP contribution in [0.1, 0.15) is 163 Å². The quantitative estimate of drug-likeness (QED) is 0.0662. The maximum atomic E-state index is 11.0. The van der Waals surface area contributed by atoms with Crippen LogP contribution in [0, 0.1) is 0 Å². The van der Waals surface area contributed by atoms with E-state index in [-0.39, 0.29) is 18.3 Å². The second kappa shape index (κ2) is 37.3. The van der Waals surface area contributed by atoms with Crippen LogP contribution in [-0.2, 0) is 14.4 Å². The van der Waals surface area contributed by atoms with Crippen molar-refractivity contribution < 1.29 is 19.5 Å². The number of unbranched alkanes of at least 4 members (excludes halogenated alkanes) is 16. The summed E-state index contributed by atoms with van der Waals surface area (Å²) in [6, 6.07) is 0. The molecule has 35 heavy (non-hydrogen) atoms. The number of Topliss-reactive ketones (excluding diaryl/α,β-unsaturated/α-hetero) is 1. The Hall–Kier alpha value is -1.29. The molecule has 0 aliphatic carbocycles. The fourth-order valence-electron chi connectivity index (χ4n) is 3.37. The van der Waals surface area contributed by atoms with Gasteiger partial charge in [-0.3, -0.25) is 4.79 Å². The summed E-state index contributed by atoms with van der Waals surface area (Å²) in [5.41, 5.74) is 0. The first kappa shape index (κ1) is 38.2. The molecule has 0 rings (SSSR count). The van der Waals surface area contributed by atoms with Crippen molar-refractivity contribution in [3.05, 3.63) is 12.2 Å². The third kappa shape index (κ3) is 46.7. The third-order valence-electron chi connectivity index (χ3n) is 5.89. The number of aliphatic hydroxyl groups is 1. The molecule has 0 amide bonds. The van der Waals surface area contributed by atoms with Crippen molar-refractivity contribution in [2.75, 3.05) is 0 Å². The summed E-state index contributed by atoms with van der Waals surface area (Å²) < 4.78 is 0. The zero-order chi connectivity index (χ0) is 26.8. The van der Waals surface area contributed by atoms with Gasteiger partial charge in [-0.15, -0.1) is 0 Å². The minimum atomic E-state index is -0.116. The highest BCUT2D eigenvalue weighted by molar-refractivity contribution is 5.89. The van der Waals surface area contributed by atoms with Crippen LogP contribution in [0.4, 0.5) is 0 Å². The second-order valence-electron chi connectivity index (χ2n) is 9.53. The number of aldehydes is 2. The number of rotatable bonds is 23. The van der Waals surface area contributed by atoms with Crippen molar-refractivity contribution in [3.8, 4) is 0 Å². The van der Waals surface area contributed by atoms with Gasteiger partial charge in [0.05, 0.1) is 12.5 Å². The Kier molecular flexibility index (Phi) is 40.7. The molecule has 0 radical (unpaired) electrons. The van der Waals surface area contributed by atoms with Gasteiger partial charge >= 0.3 is 0 Å². The maximum Gasteiger partial charge on any atom is 0.139 e. The Bertz CT molecular complexity index is 443. The van der Waals surface area contributed by atoms with Crippen LogP contribution >= 0.6 is 0 Å². The van der Waals surface area contributed by atoms with Gasteiger partial charge in [0.2, 0.25) is 0 Å². The lowest BCUT2D eigenvalue weighted by Gasteiger charge is -2.01. The van der Waals surface area contributed by atoms with Crippen molar-refractivity contribution in [1.82, 2.24) is 0 Å². The highest BCUT2D eigenvalue weighted by Crippen LogP contribution is 2.11. The van der Waals surface area contributed by atoms with Crippen molar-refractivity contribution in [2.24, 2.45) is 0 Å². The lowest BCUT2D eigenvalue weighted by Crippen LogP contribution is -1.97. The van der Waals surface area contributed by atoms with E-state index in [0.717, 1.165) is 38.4 Å². The molecule has 1 atom stereocenters. The number of hydrogen-bond donors (Lipinski definition) is 1. The fourth-order valence-corrected chi connectivity index (χ4v) is 3.37. The zero-order valence-corrected chi connectivity index (χ0v) is 23.9. The molecule has 0 aromatic carbocycles. The van der Waals surface area contributed by atoms with E-state index in [0.29, 0.717) is 12.7 Å². The Morgan fingerprint density at radius 2 is 1.11 bits per heavy atom. The first-order chi connectivity index (χ1) is 17.0. The number of aliphatic hydroxyl groups excluding tert-OH is 1. The van der Waals surface area contributed by atoms with E-state index in [9.17, 15) is 14.4 Å². The van der Waals surface area contributed by atoms with E-state index in [2.05, 4.69) is 26.0 Å². The van der Waals surface area contributed by atoms with Gasteiger partial charge < -0.3 is 14.7 Å². The van der Waals surface area contributed by atoms with E-state index in [1.165, 1.54) is 89.9 Å². The van der Waals surface area contributed by atoms with E-state index >= 15 is 0 Å². The molecule has 0 bridgehead atoms. The van der Waals surface area contributed by atoms with E-state index < -0.39 is 0 Å². The van der Waals surface area contributed by atoms with E-state index in [1.54, 1.807) is 6.92 Å². The van der Waals surface area contributed by atoms with Crippen molar-refractivity contribution >= 4 is 18.4 Å². The largest absolute Gasteiger partial charge is 0.393 e. The Labute approximate surface area is 218 Å². The molecule has 0 heterocycles. The predicted octanol–water partition coefficient (Wildman–Crippen LogP) is 9.11. The van der Waals surface area contributed by atoms with Crippen LogP contribution in [-0.4, -0.2) is 29.6 Å². The SMILES string of the molecule is CC=CCCCCCCCCCC=O.CCC(C)O.CCCCCCCCCCCC(=O)CC=O. The fraction of sp³-hybridized carbons (Fsp3) is 0.839. The normalized spacial score (nSPS) is 11.2. The van der Waals surface area contributed by atoms with Gasteiger partial charge in [0, 0.05) is 12.8 Å². The van der Waals surface area contributed by atoms with Crippen LogP contribution in [0.5, 0.6) is 0 Å². The molecule has 4 nitrogen and oxygen atoms in total. The summed E-state index contributed by atoms with van der Waals surface area (Å²) in [6.45, 7) is 8.04. The molecular formula is C31H60O4. The smallest absolute Gasteiger partial charge is 0.139 e. The Morgan fingerprint density at radius 1 is 0.686 bits per heavy atom. The van der Waals surface area contributed by atoms with Crippen LogP contribution in [0.25, 0.3) is 0 Å². The molecular weight excluding hydrogens is 436 g/mol. The first-order valence-corrected chi connectivity index (χ1v) is 14.7. The summed E-state index contributed by atoms with van der Waals surface area (Å²) in [7, 11) is 0. The molecule has 0 aliphatic heterocycles. The highest BCUT2D eigenvalue weighted by atomic mass is 16.3. The molecule has 4 heteroatoms. The third-order valence-corrected chi connectivity index (χ3v) is 5.89. The van der Waals surface area contributed by atoms with Crippen LogP contribution in [0.2, 0.25) is 0 Å². The topological polar surface area (TPSA) is 71.4 Å². The summed E-state index contributed by atoms with van der Waals surface area (Å²) in [6.07, 6.45) is 29.9. The molecule has 0 aliphatic rings. The molecule has 0 spiro atoms. The number of carbonyl (C=O) groups is 3. The number of carbonyl (C=O) groups excluding carboxylic acids is 3. The summed E-state index contributed by atoms with van der Waals surface area (Å²) in [5, 5.41) is 8.36. The van der Waals surface area contributed by atoms with Gasteiger partial charge in [-0.05, 0) is 46.0 Å². The lowest BCUT2D eigenvalue weighted by atomic mass is 10.1. The van der Waals surface area contributed by atoms with Gasteiger partial charge in [-0.1, -0.05) is 109 Å². The van der Waals surface area contributed by atoms with Gasteiger partial charge in [-0.2, -0.15) is 0 Å². The monoisotopic (exact) mass is 496 g/mol. The van der Waals surface area contributed by atoms with E-state index in [4.69, 9.17) is 5.11 Å². The Balaban J connectivity index is -0.000000493. The summed E-state index contributed by atoms with van der Waals surface area (Å²) >= 11 is 0. The number of ketones is 1. The van der Waals surface area contributed by atoms with Gasteiger partial charge in [0.1, 0.15) is 18.4 Å². The average Bonchev–Trinajstić information content (AvgIpc) is 2.85. The average molecular weight is 497 g/mol. The minimum absolute atomic E-state index is 0.0953. The van der Waals surface area contributed by atoms with Crippen LogP contribution < -0.4 is 0 Å². The molecule has 0 saturated carbocycles. The van der Waals surface area contributed by atoms with Crippen molar-refractivity contribution in [1.29, 1.82) is 0 Å². The zero-order valence-electron chi connectivity index (χ0n) is 23.9. The summed E-state index contributed by atoms with van der Waals surface area (Å²) in [4.78, 5) is 31.1. The minimum Gasteiger partial charge on any atom is -0.393 e. The van der Waals surface area contributed by atoms with Gasteiger partial charge in [0.15, 0.2) is 0 Å². The molecule has 1 N–H and O–H groups in total. The molecule has 0 aromatic rings. The molecule has 0 saturated heterocycles. The van der Waals surface area contributed by atoms with Gasteiger partial charge in [0.25, 0.3) is 0 Å². The predicted molar refractivity (Wildman–Crippen MR) is 152 cm³/mol. The molecule has 208 valence electrons.